The van der Waals surface area contributed by atoms with Crippen LogP contribution in [0.25, 0.3) is 0 Å². The van der Waals surface area contributed by atoms with E-state index in [-0.39, 0.29) is 0 Å². The Hall–Kier alpha value is -0.900. The van der Waals surface area contributed by atoms with Crippen molar-refractivity contribution in [2.45, 2.75) is 38.9 Å². The standard InChI is InChI=1S/C17H28N2O/c1-3-18-11-8-15-4-6-16(7-5-15)14-20-17-9-12-19(2)13-10-17/h4-7,17-18H,3,8-14H2,1-2H3. The molecule has 0 atom stereocenters. The molecule has 1 aliphatic heterocycles. The fourth-order valence-corrected chi connectivity index (χ4v) is 2.58. The van der Waals surface area contributed by atoms with Crippen molar-refractivity contribution in [1.29, 1.82) is 0 Å². The van der Waals surface area contributed by atoms with E-state index >= 15 is 0 Å². The summed E-state index contributed by atoms with van der Waals surface area (Å²) in [6.07, 6.45) is 3.87. The first-order valence-corrected chi connectivity index (χ1v) is 7.86. The number of likely N-dealkylation sites (tertiary alicyclic amines) is 1. The Balaban J connectivity index is 1.70. The van der Waals surface area contributed by atoms with Crippen LogP contribution in [0.2, 0.25) is 0 Å². The van der Waals surface area contributed by atoms with E-state index in [0.29, 0.717) is 6.10 Å². The largest absolute Gasteiger partial charge is 0.373 e. The van der Waals surface area contributed by atoms with Crippen LogP contribution in [0.15, 0.2) is 24.3 Å². The second-order valence-electron chi connectivity index (χ2n) is 5.73. The molecule has 0 saturated carbocycles. The Morgan fingerprint density at radius 1 is 1.15 bits per heavy atom. The maximum absolute atomic E-state index is 6.02. The van der Waals surface area contributed by atoms with Crippen LogP contribution in [0.1, 0.15) is 30.9 Å². The highest BCUT2D eigenvalue weighted by atomic mass is 16.5. The van der Waals surface area contributed by atoms with E-state index < -0.39 is 0 Å². The Bertz CT molecular complexity index is 369. The minimum absolute atomic E-state index is 0.444. The molecule has 0 bridgehead atoms. The van der Waals surface area contributed by atoms with Gasteiger partial charge in [0.15, 0.2) is 0 Å². The van der Waals surface area contributed by atoms with Gasteiger partial charge in [0, 0.05) is 13.1 Å². The number of piperidine rings is 1. The highest BCUT2D eigenvalue weighted by molar-refractivity contribution is 5.22. The molecule has 0 amide bonds. The van der Waals surface area contributed by atoms with Crippen LogP contribution in [0.3, 0.4) is 0 Å². The van der Waals surface area contributed by atoms with Crippen LogP contribution < -0.4 is 5.32 Å². The second kappa shape index (κ2) is 8.40. The summed E-state index contributed by atoms with van der Waals surface area (Å²) in [5.41, 5.74) is 2.69. The van der Waals surface area contributed by atoms with Gasteiger partial charge in [-0.05, 0) is 50.5 Å². The van der Waals surface area contributed by atoms with Crippen LogP contribution in [-0.2, 0) is 17.8 Å². The van der Waals surface area contributed by atoms with Crippen molar-refractivity contribution in [3.05, 3.63) is 35.4 Å². The molecule has 0 aliphatic carbocycles. The highest BCUT2D eigenvalue weighted by Crippen LogP contribution is 2.15. The molecule has 112 valence electrons. The van der Waals surface area contributed by atoms with Gasteiger partial charge in [0.25, 0.3) is 0 Å². The molecule has 20 heavy (non-hydrogen) atoms. The average molecular weight is 276 g/mol. The van der Waals surface area contributed by atoms with Crippen molar-refractivity contribution in [2.24, 2.45) is 0 Å². The third-order valence-electron chi connectivity index (χ3n) is 4.01. The minimum atomic E-state index is 0.444. The summed E-state index contributed by atoms with van der Waals surface area (Å²) in [6.45, 7) is 7.32. The van der Waals surface area contributed by atoms with Gasteiger partial charge in [-0.15, -0.1) is 0 Å². The summed E-state index contributed by atoms with van der Waals surface area (Å²) < 4.78 is 6.02. The first kappa shape index (κ1) is 15.5. The summed E-state index contributed by atoms with van der Waals surface area (Å²) in [7, 11) is 2.18. The molecule has 1 aromatic carbocycles. The molecule has 1 saturated heterocycles. The van der Waals surface area contributed by atoms with Crippen LogP contribution in [-0.4, -0.2) is 44.2 Å². The quantitative estimate of drug-likeness (QED) is 0.774. The van der Waals surface area contributed by atoms with Crippen molar-refractivity contribution < 1.29 is 4.74 Å². The molecule has 1 N–H and O–H groups in total. The van der Waals surface area contributed by atoms with Crippen molar-refractivity contribution >= 4 is 0 Å². The number of benzene rings is 1. The molecule has 3 heteroatoms. The van der Waals surface area contributed by atoms with Gasteiger partial charge in [0.05, 0.1) is 12.7 Å². The van der Waals surface area contributed by atoms with Crippen LogP contribution in [0.4, 0.5) is 0 Å². The van der Waals surface area contributed by atoms with E-state index in [1.807, 2.05) is 0 Å². The monoisotopic (exact) mass is 276 g/mol. The molecule has 1 aromatic rings. The Kier molecular flexibility index (Phi) is 6.51. The lowest BCUT2D eigenvalue weighted by molar-refractivity contribution is 0.00213. The number of rotatable bonds is 7. The second-order valence-corrected chi connectivity index (χ2v) is 5.73. The lowest BCUT2D eigenvalue weighted by atomic mass is 10.1. The molecule has 0 aromatic heterocycles. The molecule has 3 nitrogen and oxygen atoms in total. The van der Waals surface area contributed by atoms with Gasteiger partial charge in [-0.3, -0.25) is 0 Å². The molecular weight excluding hydrogens is 248 g/mol. The van der Waals surface area contributed by atoms with E-state index in [2.05, 4.69) is 48.5 Å². The molecule has 2 rings (SSSR count). The van der Waals surface area contributed by atoms with Crippen molar-refractivity contribution in [3.63, 3.8) is 0 Å². The van der Waals surface area contributed by atoms with Gasteiger partial charge < -0.3 is 15.0 Å². The summed E-state index contributed by atoms with van der Waals surface area (Å²) in [6, 6.07) is 8.86. The van der Waals surface area contributed by atoms with E-state index in [0.717, 1.165) is 52.0 Å². The zero-order valence-corrected chi connectivity index (χ0v) is 12.9. The number of ether oxygens (including phenoxy) is 1. The summed E-state index contributed by atoms with van der Waals surface area (Å²) in [4.78, 5) is 2.37. The molecular formula is C17H28N2O. The van der Waals surface area contributed by atoms with Gasteiger partial charge >= 0.3 is 0 Å². The van der Waals surface area contributed by atoms with Gasteiger partial charge in [-0.25, -0.2) is 0 Å². The maximum Gasteiger partial charge on any atom is 0.0720 e. The number of likely N-dealkylation sites (N-methyl/N-ethyl adjacent to an activating group) is 1. The molecule has 1 fully saturated rings. The van der Waals surface area contributed by atoms with Gasteiger partial charge in [0.1, 0.15) is 0 Å². The normalized spacial score (nSPS) is 17.5. The van der Waals surface area contributed by atoms with E-state index in [1.54, 1.807) is 0 Å². The fraction of sp³-hybridized carbons (Fsp3) is 0.647. The first-order chi connectivity index (χ1) is 9.78. The van der Waals surface area contributed by atoms with Crippen molar-refractivity contribution in [2.75, 3.05) is 33.2 Å². The van der Waals surface area contributed by atoms with E-state index in [4.69, 9.17) is 4.74 Å². The molecule has 0 unspecified atom stereocenters. The van der Waals surface area contributed by atoms with Crippen LogP contribution >= 0.6 is 0 Å². The average Bonchev–Trinajstić information content (AvgIpc) is 2.48. The maximum atomic E-state index is 6.02. The molecule has 0 spiro atoms. The van der Waals surface area contributed by atoms with E-state index in [1.165, 1.54) is 11.1 Å². The van der Waals surface area contributed by atoms with Crippen molar-refractivity contribution in [3.8, 4) is 0 Å². The summed E-state index contributed by atoms with van der Waals surface area (Å²) >= 11 is 0. The van der Waals surface area contributed by atoms with Gasteiger partial charge in [-0.1, -0.05) is 31.2 Å². The predicted octanol–water partition coefficient (Wildman–Crippen LogP) is 2.45. The Morgan fingerprint density at radius 2 is 1.80 bits per heavy atom. The third kappa shape index (κ3) is 5.23. The molecule has 1 aliphatic rings. The SMILES string of the molecule is CCNCCc1ccc(COC2CCN(C)CC2)cc1. The van der Waals surface area contributed by atoms with Gasteiger partial charge in [0.2, 0.25) is 0 Å². The fourth-order valence-electron chi connectivity index (χ4n) is 2.58. The highest BCUT2D eigenvalue weighted by Gasteiger charge is 2.16. The molecule has 0 radical (unpaired) electrons. The minimum Gasteiger partial charge on any atom is -0.373 e. The Labute approximate surface area is 123 Å². The van der Waals surface area contributed by atoms with Crippen LogP contribution in [0, 0.1) is 0 Å². The zero-order valence-electron chi connectivity index (χ0n) is 12.9. The van der Waals surface area contributed by atoms with Crippen LogP contribution in [0.5, 0.6) is 0 Å². The predicted molar refractivity (Wildman–Crippen MR) is 84.0 cm³/mol. The number of hydrogen-bond donors (Lipinski definition) is 1. The van der Waals surface area contributed by atoms with E-state index in [9.17, 15) is 0 Å². The lowest BCUT2D eigenvalue weighted by Crippen LogP contribution is -2.34. The third-order valence-corrected chi connectivity index (χ3v) is 4.01. The number of hydrogen-bond acceptors (Lipinski definition) is 3. The van der Waals surface area contributed by atoms with Gasteiger partial charge in [-0.2, -0.15) is 0 Å². The smallest absolute Gasteiger partial charge is 0.0720 e. The first-order valence-electron chi connectivity index (χ1n) is 7.86. The summed E-state index contributed by atoms with van der Waals surface area (Å²) in [5.74, 6) is 0. The zero-order chi connectivity index (χ0) is 14.2. The number of nitrogens with zero attached hydrogens (tertiary/aromatic N) is 1. The molecule has 1 heterocycles. The lowest BCUT2D eigenvalue weighted by Gasteiger charge is -2.28. The topological polar surface area (TPSA) is 24.5 Å². The number of nitrogens with one attached hydrogen (secondary N) is 1. The summed E-state index contributed by atoms with van der Waals surface area (Å²) in [5, 5.41) is 3.35. The Morgan fingerprint density at radius 3 is 2.45 bits per heavy atom. The van der Waals surface area contributed by atoms with Crippen molar-refractivity contribution in [1.82, 2.24) is 10.2 Å².